The molecule has 1 unspecified atom stereocenters. The number of amides is 2. The normalized spacial score (nSPS) is 19.5. The summed E-state index contributed by atoms with van der Waals surface area (Å²) in [5, 5.41) is 0. The molecule has 2 heterocycles. The molecule has 1 atom stereocenters. The van der Waals surface area contributed by atoms with Crippen molar-refractivity contribution in [3.8, 4) is 5.75 Å². The summed E-state index contributed by atoms with van der Waals surface area (Å²) in [6.07, 6.45) is 0.148. The van der Waals surface area contributed by atoms with Crippen molar-refractivity contribution < 1.29 is 37.4 Å². The average Bonchev–Trinajstić information content (AvgIpc) is 3.16. The van der Waals surface area contributed by atoms with Gasteiger partial charge >= 0.3 is 12.6 Å². The number of anilines is 1. The molecule has 2 aromatic rings. The van der Waals surface area contributed by atoms with Crippen LogP contribution in [0.2, 0.25) is 0 Å². The minimum absolute atomic E-state index is 0.0218. The van der Waals surface area contributed by atoms with Crippen LogP contribution in [0.25, 0.3) is 0 Å². The van der Waals surface area contributed by atoms with E-state index in [0.29, 0.717) is 16.8 Å². The van der Waals surface area contributed by atoms with Gasteiger partial charge in [0, 0.05) is 26.5 Å². The van der Waals surface area contributed by atoms with E-state index in [1.807, 2.05) is 0 Å². The molecular formula is C23H22F2N2O6. The molecule has 8 nitrogen and oxygen atoms in total. The predicted molar refractivity (Wildman–Crippen MR) is 112 cm³/mol. The van der Waals surface area contributed by atoms with Crippen molar-refractivity contribution in [3.05, 3.63) is 59.7 Å². The van der Waals surface area contributed by atoms with Crippen LogP contribution in [0.5, 0.6) is 5.75 Å². The lowest BCUT2D eigenvalue weighted by molar-refractivity contribution is -0.159. The van der Waals surface area contributed by atoms with Crippen molar-refractivity contribution in [1.82, 2.24) is 4.90 Å². The minimum atomic E-state index is -2.94. The summed E-state index contributed by atoms with van der Waals surface area (Å²) in [5.74, 6) is -1.45. The van der Waals surface area contributed by atoms with Gasteiger partial charge in [0.1, 0.15) is 12.4 Å². The minimum Gasteiger partial charge on any atom is -0.458 e. The zero-order valence-corrected chi connectivity index (χ0v) is 17.8. The molecule has 33 heavy (non-hydrogen) atoms. The van der Waals surface area contributed by atoms with Crippen molar-refractivity contribution in [2.45, 2.75) is 31.7 Å². The van der Waals surface area contributed by atoms with E-state index >= 15 is 0 Å². The number of carbonyl (C=O) groups is 3. The molecule has 2 amide bonds. The van der Waals surface area contributed by atoms with E-state index in [-0.39, 0.29) is 50.2 Å². The second-order valence-corrected chi connectivity index (χ2v) is 7.61. The fraction of sp³-hybridized carbons (Fsp3) is 0.348. The fourth-order valence-corrected chi connectivity index (χ4v) is 4.27. The van der Waals surface area contributed by atoms with Crippen LogP contribution in [0, 0.1) is 0 Å². The molecule has 2 aromatic carbocycles. The number of benzene rings is 2. The van der Waals surface area contributed by atoms with E-state index in [0.717, 1.165) is 0 Å². The highest BCUT2D eigenvalue weighted by atomic mass is 19.3. The smallest absolute Gasteiger partial charge is 0.387 e. The van der Waals surface area contributed by atoms with E-state index in [2.05, 4.69) is 4.74 Å². The molecule has 1 fully saturated rings. The van der Waals surface area contributed by atoms with Crippen LogP contribution in [0.4, 0.5) is 14.5 Å². The first kappa shape index (κ1) is 22.7. The molecule has 0 saturated carbocycles. The number of halogens is 2. The molecule has 2 aliphatic heterocycles. The first-order valence-corrected chi connectivity index (χ1v) is 10.3. The number of esters is 1. The lowest BCUT2D eigenvalue weighted by Crippen LogP contribution is -2.68. The van der Waals surface area contributed by atoms with Gasteiger partial charge < -0.3 is 19.1 Å². The van der Waals surface area contributed by atoms with Gasteiger partial charge in [0.2, 0.25) is 11.6 Å². The number of alkyl halides is 2. The van der Waals surface area contributed by atoms with Gasteiger partial charge in [0.15, 0.2) is 0 Å². The summed E-state index contributed by atoms with van der Waals surface area (Å²) in [6, 6.07) is 12.3. The molecule has 1 saturated heterocycles. The molecule has 0 spiro atoms. The SMILES string of the molecule is COCCN1C(=O)c2ccccc2N2C(=O)CCC12C(=O)OCc1ccc(OC(F)F)cc1. The number of hydrogen-bond acceptors (Lipinski definition) is 6. The largest absolute Gasteiger partial charge is 0.458 e. The number of methoxy groups -OCH3 is 1. The zero-order chi connectivity index (χ0) is 23.6. The van der Waals surface area contributed by atoms with Crippen molar-refractivity contribution in [3.63, 3.8) is 0 Å². The summed E-state index contributed by atoms with van der Waals surface area (Å²) in [7, 11) is 1.48. The Balaban J connectivity index is 1.63. The second kappa shape index (κ2) is 9.14. The van der Waals surface area contributed by atoms with E-state index < -0.39 is 18.2 Å². The number of hydrogen-bond donors (Lipinski definition) is 0. The molecule has 0 N–H and O–H groups in total. The maximum absolute atomic E-state index is 13.5. The molecule has 0 aliphatic carbocycles. The first-order valence-electron chi connectivity index (χ1n) is 10.3. The van der Waals surface area contributed by atoms with Crippen molar-refractivity contribution in [2.24, 2.45) is 0 Å². The lowest BCUT2D eigenvalue weighted by atomic mass is 9.96. The maximum atomic E-state index is 13.5. The molecule has 0 radical (unpaired) electrons. The van der Waals surface area contributed by atoms with E-state index in [9.17, 15) is 23.2 Å². The number of rotatable bonds is 8. The number of nitrogens with zero attached hydrogens (tertiary/aromatic N) is 2. The van der Waals surface area contributed by atoms with Crippen molar-refractivity contribution >= 4 is 23.5 Å². The Hall–Kier alpha value is -3.53. The zero-order valence-electron chi connectivity index (χ0n) is 17.8. The summed E-state index contributed by atoms with van der Waals surface area (Å²) in [5.41, 5.74) is -0.408. The Labute approximate surface area is 188 Å². The van der Waals surface area contributed by atoms with Gasteiger partial charge in [0.25, 0.3) is 5.91 Å². The standard InChI is InChI=1S/C23H22F2N2O6/c1-31-13-12-26-20(29)17-4-2-3-5-18(17)27-19(28)10-11-23(26,27)21(30)32-14-15-6-8-16(9-7-15)33-22(24)25/h2-9,22H,10-14H2,1H3. The molecular weight excluding hydrogens is 438 g/mol. The third-order valence-electron chi connectivity index (χ3n) is 5.74. The van der Waals surface area contributed by atoms with Crippen LogP contribution in [-0.4, -0.2) is 55.2 Å². The van der Waals surface area contributed by atoms with Crippen molar-refractivity contribution in [1.29, 1.82) is 0 Å². The van der Waals surface area contributed by atoms with Gasteiger partial charge in [-0.3, -0.25) is 14.5 Å². The summed E-state index contributed by atoms with van der Waals surface area (Å²) >= 11 is 0. The Morgan fingerprint density at radius 1 is 1.12 bits per heavy atom. The predicted octanol–water partition coefficient (Wildman–Crippen LogP) is 2.96. The quantitative estimate of drug-likeness (QED) is 0.563. The molecule has 0 bridgehead atoms. The Morgan fingerprint density at radius 2 is 1.85 bits per heavy atom. The molecule has 174 valence electrons. The number of para-hydroxylation sites is 1. The van der Waals surface area contributed by atoms with Crippen LogP contribution in [0.15, 0.2) is 48.5 Å². The number of ether oxygens (including phenoxy) is 3. The molecule has 0 aromatic heterocycles. The van der Waals surface area contributed by atoms with Crippen LogP contribution in [-0.2, 0) is 25.7 Å². The van der Waals surface area contributed by atoms with Gasteiger partial charge in [-0.25, -0.2) is 4.79 Å². The third-order valence-corrected chi connectivity index (χ3v) is 5.74. The van der Waals surface area contributed by atoms with Gasteiger partial charge in [-0.05, 0) is 29.8 Å². The van der Waals surface area contributed by atoms with Gasteiger partial charge in [-0.2, -0.15) is 8.78 Å². The van der Waals surface area contributed by atoms with E-state index in [1.54, 1.807) is 24.3 Å². The summed E-state index contributed by atoms with van der Waals surface area (Å²) in [4.78, 5) is 42.4. The first-order chi connectivity index (χ1) is 15.9. The molecule has 4 rings (SSSR count). The monoisotopic (exact) mass is 460 g/mol. The van der Waals surface area contributed by atoms with Crippen LogP contribution in [0.1, 0.15) is 28.8 Å². The van der Waals surface area contributed by atoms with Crippen LogP contribution >= 0.6 is 0 Å². The maximum Gasteiger partial charge on any atom is 0.387 e. The Morgan fingerprint density at radius 3 is 2.55 bits per heavy atom. The number of fused-ring (bicyclic) bond motifs is 3. The highest BCUT2D eigenvalue weighted by molar-refractivity contribution is 6.15. The second-order valence-electron chi connectivity index (χ2n) is 7.61. The van der Waals surface area contributed by atoms with Crippen LogP contribution < -0.4 is 9.64 Å². The Kier molecular flexibility index (Phi) is 6.28. The van der Waals surface area contributed by atoms with Gasteiger partial charge in [-0.15, -0.1) is 0 Å². The average molecular weight is 460 g/mol. The highest BCUT2D eigenvalue weighted by Crippen LogP contribution is 2.45. The topological polar surface area (TPSA) is 85.4 Å². The number of carbonyl (C=O) groups excluding carboxylic acids is 3. The van der Waals surface area contributed by atoms with Crippen LogP contribution in [0.3, 0.4) is 0 Å². The van der Waals surface area contributed by atoms with Gasteiger partial charge in [-0.1, -0.05) is 24.3 Å². The Bertz CT molecular complexity index is 1060. The molecule has 10 heteroatoms. The van der Waals surface area contributed by atoms with E-state index in [4.69, 9.17) is 9.47 Å². The van der Waals surface area contributed by atoms with E-state index in [1.165, 1.54) is 41.2 Å². The fourth-order valence-electron chi connectivity index (χ4n) is 4.27. The summed E-state index contributed by atoms with van der Waals surface area (Å²) in [6.45, 7) is -2.87. The lowest BCUT2D eigenvalue weighted by Gasteiger charge is -2.48. The third kappa shape index (κ3) is 4.02. The summed E-state index contributed by atoms with van der Waals surface area (Å²) < 4.78 is 39.7. The molecule has 2 aliphatic rings. The van der Waals surface area contributed by atoms with Crippen molar-refractivity contribution in [2.75, 3.05) is 25.2 Å². The highest BCUT2D eigenvalue weighted by Gasteiger charge is 2.61. The van der Waals surface area contributed by atoms with Gasteiger partial charge in [0.05, 0.1) is 17.9 Å².